The maximum atomic E-state index is 3.34. The van der Waals surface area contributed by atoms with Gasteiger partial charge >= 0.3 is 0 Å². The Morgan fingerprint density at radius 2 is 1.71 bits per heavy atom. The summed E-state index contributed by atoms with van der Waals surface area (Å²) in [6, 6.07) is 8.70. The van der Waals surface area contributed by atoms with Crippen molar-refractivity contribution in [3.8, 4) is 0 Å². The quantitative estimate of drug-likeness (QED) is 0.771. The van der Waals surface area contributed by atoms with Gasteiger partial charge in [0.2, 0.25) is 0 Å². The van der Waals surface area contributed by atoms with Crippen molar-refractivity contribution in [2.45, 2.75) is 39.2 Å². The van der Waals surface area contributed by atoms with Crippen molar-refractivity contribution in [1.82, 2.24) is 5.32 Å². The normalized spacial score (nSPS) is 11.7. The molecule has 0 spiro atoms. The third-order valence-electron chi connectivity index (χ3n) is 2.81. The summed E-state index contributed by atoms with van der Waals surface area (Å²) in [5.74, 6) is 0. The Kier molecular flexibility index (Phi) is 3.70. The smallest absolute Gasteiger partial charge is 0.0162 e. The summed E-state index contributed by atoms with van der Waals surface area (Å²) >= 11 is 0. The molecule has 1 nitrogen and oxygen atoms in total. The minimum Gasteiger partial charge on any atom is -0.314 e. The molecule has 14 heavy (non-hydrogen) atoms. The molecule has 0 heterocycles. The van der Waals surface area contributed by atoms with Crippen molar-refractivity contribution < 1.29 is 0 Å². The lowest BCUT2D eigenvalue weighted by Crippen LogP contribution is -2.38. The van der Waals surface area contributed by atoms with Gasteiger partial charge in [-0.25, -0.2) is 0 Å². The van der Waals surface area contributed by atoms with E-state index in [9.17, 15) is 0 Å². The van der Waals surface area contributed by atoms with Gasteiger partial charge in [0.1, 0.15) is 0 Å². The average molecular weight is 191 g/mol. The first-order valence-electron chi connectivity index (χ1n) is 5.35. The number of rotatable bonds is 4. The molecule has 1 aromatic carbocycles. The number of nitrogens with one attached hydrogen (secondary N) is 1. The number of hydrogen-bond acceptors (Lipinski definition) is 1. The molecule has 0 aliphatic heterocycles. The zero-order valence-electron chi connectivity index (χ0n) is 9.72. The summed E-state index contributed by atoms with van der Waals surface area (Å²) in [5, 5.41) is 3.34. The fourth-order valence-electron chi connectivity index (χ4n) is 1.64. The van der Waals surface area contributed by atoms with Crippen molar-refractivity contribution in [3.63, 3.8) is 0 Å². The summed E-state index contributed by atoms with van der Waals surface area (Å²) in [5.41, 5.74) is 3.12. The van der Waals surface area contributed by atoms with Gasteiger partial charge in [-0.2, -0.15) is 0 Å². The third-order valence-corrected chi connectivity index (χ3v) is 2.81. The standard InChI is InChI=1S/C13H21N/c1-5-11-8-6-7-9-12(11)10-13(2,3)14-4/h6-9,14H,5,10H2,1-4H3. The number of hydrogen-bond donors (Lipinski definition) is 1. The minimum atomic E-state index is 0.186. The van der Waals surface area contributed by atoms with Crippen LogP contribution in [0.15, 0.2) is 24.3 Å². The molecule has 1 heteroatoms. The molecular weight excluding hydrogens is 170 g/mol. The minimum absolute atomic E-state index is 0.186. The van der Waals surface area contributed by atoms with E-state index < -0.39 is 0 Å². The van der Waals surface area contributed by atoms with Gasteiger partial charge in [-0.3, -0.25) is 0 Å². The average Bonchev–Trinajstić information content (AvgIpc) is 2.18. The van der Waals surface area contributed by atoms with Crippen LogP contribution in [-0.2, 0) is 12.8 Å². The number of likely N-dealkylation sites (N-methyl/N-ethyl adjacent to an activating group) is 1. The largest absolute Gasteiger partial charge is 0.314 e. The molecule has 0 aliphatic carbocycles. The lowest BCUT2D eigenvalue weighted by atomic mass is 9.91. The molecular formula is C13H21N. The van der Waals surface area contributed by atoms with Crippen LogP contribution in [0.5, 0.6) is 0 Å². The summed E-state index contributed by atoms with van der Waals surface area (Å²) in [7, 11) is 2.02. The molecule has 1 rings (SSSR count). The van der Waals surface area contributed by atoms with Crippen LogP contribution in [0.25, 0.3) is 0 Å². The van der Waals surface area contributed by atoms with E-state index >= 15 is 0 Å². The SMILES string of the molecule is CCc1ccccc1CC(C)(C)NC. The predicted molar refractivity (Wildman–Crippen MR) is 62.7 cm³/mol. The molecule has 1 N–H and O–H groups in total. The number of benzene rings is 1. The molecule has 0 radical (unpaired) electrons. The van der Waals surface area contributed by atoms with Crippen LogP contribution < -0.4 is 5.32 Å². The Morgan fingerprint density at radius 1 is 1.14 bits per heavy atom. The van der Waals surface area contributed by atoms with E-state index in [0.717, 1.165) is 12.8 Å². The van der Waals surface area contributed by atoms with E-state index in [1.165, 1.54) is 11.1 Å². The second-order valence-corrected chi connectivity index (χ2v) is 4.43. The van der Waals surface area contributed by atoms with Crippen molar-refractivity contribution in [2.75, 3.05) is 7.05 Å². The maximum absolute atomic E-state index is 3.34. The van der Waals surface area contributed by atoms with Crippen molar-refractivity contribution >= 4 is 0 Å². The second-order valence-electron chi connectivity index (χ2n) is 4.43. The van der Waals surface area contributed by atoms with Gasteiger partial charge in [-0.05, 0) is 44.9 Å². The zero-order chi connectivity index (χ0) is 10.6. The van der Waals surface area contributed by atoms with Crippen molar-refractivity contribution in [2.24, 2.45) is 0 Å². The van der Waals surface area contributed by atoms with Gasteiger partial charge in [0, 0.05) is 5.54 Å². The van der Waals surface area contributed by atoms with Crippen LogP contribution >= 0.6 is 0 Å². The number of aryl methyl sites for hydroxylation is 1. The molecule has 0 saturated heterocycles. The topological polar surface area (TPSA) is 12.0 Å². The summed E-state index contributed by atoms with van der Waals surface area (Å²) in [6.07, 6.45) is 2.21. The Morgan fingerprint density at radius 3 is 2.21 bits per heavy atom. The van der Waals surface area contributed by atoms with Crippen LogP contribution in [0, 0.1) is 0 Å². The van der Waals surface area contributed by atoms with E-state index in [0.29, 0.717) is 0 Å². The second kappa shape index (κ2) is 4.61. The lowest BCUT2D eigenvalue weighted by Gasteiger charge is -2.25. The van der Waals surface area contributed by atoms with Crippen LogP contribution in [0.1, 0.15) is 31.9 Å². The first-order valence-corrected chi connectivity index (χ1v) is 5.35. The van der Waals surface area contributed by atoms with Gasteiger partial charge in [-0.15, -0.1) is 0 Å². The van der Waals surface area contributed by atoms with Crippen LogP contribution in [0.2, 0.25) is 0 Å². The first-order chi connectivity index (χ1) is 6.59. The third kappa shape index (κ3) is 2.85. The predicted octanol–water partition coefficient (Wildman–Crippen LogP) is 2.79. The highest BCUT2D eigenvalue weighted by Gasteiger charge is 2.16. The van der Waals surface area contributed by atoms with Crippen LogP contribution in [0.3, 0.4) is 0 Å². The Labute approximate surface area is 87.5 Å². The van der Waals surface area contributed by atoms with Gasteiger partial charge in [-0.1, -0.05) is 31.2 Å². The van der Waals surface area contributed by atoms with E-state index in [-0.39, 0.29) is 5.54 Å². The molecule has 0 amide bonds. The zero-order valence-corrected chi connectivity index (χ0v) is 9.72. The van der Waals surface area contributed by atoms with Crippen LogP contribution in [-0.4, -0.2) is 12.6 Å². The first kappa shape index (κ1) is 11.3. The van der Waals surface area contributed by atoms with E-state index in [2.05, 4.69) is 50.4 Å². The highest BCUT2D eigenvalue weighted by Crippen LogP contribution is 2.16. The van der Waals surface area contributed by atoms with E-state index in [1.807, 2.05) is 7.05 Å². The summed E-state index contributed by atoms with van der Waals surface area (Å²) in [4.78, 5) is 0. The molecule has 0 saturated carbocycles. The molecule has 1 aromatic rings. The Balaban J connectivity index is 2.85. The Bertz CT molecular complexity index is 289. The molecule has 0 aliphatic rings. The van der Waals surface area contributed by atoms with Gasteiger partial charge < -0.3 is 5.32 Å². The Hall–Kier alpha value is -0.820. The van der Waals surface area contributed by atoms with Gasteiger partial charge in [0.05, 0.1) is 0 Å². The van der Waals surface area contributed by atoms with E-state index in [1.54, 1.807) is 0 Å². The lowest BCUT2D eigenvalue weighted by molar-refractivity contribution is 0.421. The maximum Gasteiger partial charge on any atom is 0.0162 e. The van der Waals surface area contributed by atoms with Crippen molar-refractivity contribution in [1.29, 1.82) is 0 Å². The fraction of sp³-hybridized carbons (Fsp3) is 0.538. The molecule has 0 fully saturated rings. The van der Waals surface area contributed by atoms with Gasteiger partial charge in [0.15, 0.2) is 0 Å². The highest BCUT2D eigenvalue weighted by atomic mass is 14.9. The fourth-order valence-corrected chi connectivity index (χ4v) is 1.64. The molecule has 78 valence electrons. The van der Waals surface area contributed by atoms with Gasteiger partial charge in [0.25, 0.3) is 0 Å². The molecule has 0 bridgehead atoms. The molecule has 0 atom stereocenters. The van der Waals surface area contributed by atoms with E-state index in [4.69, 9.17) is 0 Å². The van der Waals surface area contributed by atoms with Crippen LogP contribution in [0.4, 0.5) is 0 Å². The highest BCUT2D eigenvalue weighted by molar-refractivity contribution is 5.28. The summed E-state index contributed by atoms with van der Waals surface area (Å²) in [6.45, 7) is 6.68. The molecule has 0 unspecified atom stereocenters. The molecule has 0 aromatic heterocycles. The monoisotopic (exact) mass is 191 g/mol. The van der Waals surface area contributed by atoms with Crippen molar-refractivity contribution in [3.05, 3.63) is 35.4 Å². The summed E-state index contributed by atoms with van der Waals surface area (Å²) < 4.78 is 0.